The van der Waals surface area contributed by atoms with Crippen LogP contribution in [0, 0.1) is 0 Å². The normalized spacial score (nSPS) is 11.0. The highest BCUT2D eigenvalue weighted by molar-refractivity contribution is 5.75. The minimum Gasteiger partial charge on any atom is -0.367 e. The molecule has 17 heavy (non-hydrogen) atoms. The first-order valence-electron chi connectivity index (χ1n) is 6.07. The van der Waals surface area contributed by atoms with Crippen molar-refractivity contribution in [3.8, 4) is 11.1 Å². The van der Waals surface area contributed by atoms with Gasteiger partial charge in [-0.15, -0.1) is 0 Å². The average Bonchev–Trinajstić information content (AvgIpc) is 2.78. The molecule has 1 aromatic carbocycles. The van der Waals surface area contributed by atoms with E-state index >= 15 is 0 Å². The highest BCUT2D eigenvalue weighted by Gasteiger charge is 2.16. The van der Waals surface area contributed by atoms with Crippen LogP contribution < -0.4 is 5.73 Å². The van der Waals surface area contributed by atoms with E-state index in [9.17, 15) is 0 Å². The average molecular weight is 230 g/mol. The molecule has 0 bridgehead atoms. The van der Waals surface area contributed by atoms with E-state index in [2.05, 4.69) is 37.2 Å². The molecule has 3 heteroatoms. The molecule has 0 fully saturated rings. The van der Waals surface area contributed by atoms with E-state index < -0.39 is 0 Å². The molecule has 0 atom stereocenters. The van der Waals surface area contributed by atoms with Crippen molar-refractivity contribution in [3.05, 3.63) is 36.0 Å². The molecule has 2 N–H and O–H groups in total. The highest BCUT2D eigenvalue weighted by Crippen LogP contribution is 2.35. The molecule has 0 aliphatic heterocycles. The second-order valence-corrected chi connectivity index (χ2v) is 4.20. The lowest BCUT2D eigenvalue weighted by atomic mass is 9.88. The van der Waals surface area contributed by atoms with E-state index in [1.165, 1.54) is 5.56 Å². The quantitative estimate of drug-likeness (QED) is 0.868. The minimum absolute atomic E-state index is 0.392. The predicted octanol–water partition coefficient (Wildman–Crippen LogP) is 3.83. The van der Waals surface area contributed by atoms with Crippen molar-refractivity contribution < 1.29 is 4.52 Å². The zero-order valence-corrected chi connectivity index (χ0v) is 10.3. The number of nitrogens with zero attached hydrogens (tertiary/aromatic N) is 1. The van der Waals surface area contributed by atoms with E-state index in [4.69, 9.17) is 10.3 Å². The fourth-order valence-electron chi connectivity index (χ4n) is 2.28. The van der Waals surface area contributed by atoms with Gasteiger partial charge in [0.25, 0.3) is 0 Å². The largest absolute Gasteiger partial charge is 0.367 e. The number of anilines is 1. The van der Waals surface area contributed by atoms with Gasteiger partial charge in [0.1, 0.15) is 0 Å². The lowest BCUT2D eigenvalue weighted by Gasteiger charge is -2.16. The Kier molecular flexibility index (Phi) is 3.47. The summed E-state index contributed by atoms with van der Waals surface area (Å²) >= 11 is 0. The van der Waals surface area contributed by atoms with Gasteiger partial charge in [0.15, 0.2) is 0 Å². The fraction of sp³-hybridized carbons (Fsp3) is 0.357. The summed E-state index contributed by atoms with van der Waals surface area (Å²) in [6.07, 6.45) is 3.94. The third-order valence-electron chi connectivity index (χ3n) is 3.27. The molecule has 2 rings (SSSR count). The van der Waals surface area contributed by atoms with Crippen molar-refractivity contribution >= 4 is 5.88 Å². The van der Waals surface area contributed by atoms with Crippen molar-refractivity contribution in [2.75, 3.05) is 5.73 Å². The third-order valence-corrected chi connectivity index (χ3v) is 3.27. The summed E-state index contributed by atoms with van der Waals surface area (Å²) in [5, 5.41) is 3.75. The second-order valence-electron chi connectivity index (χ2n) is 4.20. The summed E-state index contributed by atoms with van der Waals surface area (Å²) in [4.78, 5) is 0. The standard InChI is InChI=1S/C14H18N2O/c1-3-10(4-2)11-7-5-6-8-12(11)13-9-16-17-14(13)15/h5-10H,3-4,15H2,1-2H3. The molecule has 90 valence electrons. The van der Waals surface area contributed by atoms with Crippen molar-refractivity contribution in [1.82, 2.24) is 5.16 Å². The third kappa shape index (κ3) is 2.18. The Balaban J connectivity index is 2.51. The molecule has 0 aliphatic rings. The Morgan fingerprint density at radius 2 is 1.88 bits per heavy atom. The predicted molar refractivity (Wildman–Crippen MR) is 69.7 cm³/mol. The zero-order chi connectivity index (χ0) is 12.3. The Morgan fingerprint density at radius 3 is 2.47 bits per heavy atom. The van der Waals surface area contributed by atoms with E-state index in [1.807, 2.05) is 6.07 Å². The van der Waals surface area contributed by atoms with Crippen LogP contribution in [0.5, 0.6) is 0 Å². The van der Waals surface area contributed by atoms with E-state index in [0.29, 0.717) is 11.8 Å². The van der Waals surface area contributed by atoms with Crippen molar-refractivity contribution in [3.63, 3.8) is 0 Å². The molecular weight excluding hydrogens is 212 g/mol. The van der Waals surface area contributed by atoms with Crippen LogP contribution in [0.2, 0.25) is 0 Å². The molecular formula is C14H18N2O. The number of aromatic nitrogens is 1. The first kappa shape index (κ1) is 11.7. The Hall–Kier alpha value is -1.77. The Bertz CT molecular complexity index is 486. The van der Waals surface area contributed by atoms with Crippen LogP contribution in [0.15, 0.2) is 35.0 Å². The Morgan fingerprint density at radius 1 is 1.18 bits per heavy atom. The monoisotopic (exact) mass is 230 g/mol. The smallest absolute Gasteiger partial charge is 0.229 e. The maximum atomic E-state index is 5.80. The zero-order valence-electron chi connectivity index (χ0n) is 10.3. The molecule has 0 spiro atoms. The molecule has 1 heterocycles. The van der Waals surface area contributed by atoms with Gasteiger partial charge >= 0.3 is 0 Å². The summed E-state index contributed by atoms with van der Waals surface area (Å²) in [5.41, 5.74) is 9.16. The van der Waals surface area contributed by atoms with Crippen LogP contribution in [-0.2, 0) is 0 Å². The number of hydrogen-bond acceptors (Lipinski definition) is 3. The van der Waals surface area contributed by atoms with Crippen molar-refractivity contribution in [1.29, 1.82) is 0 Å². The summed E-state index contributed by atoms with van der Waals surface area (Å²) < 4.78 is 4.95. The molecule has 0 aliphatic carbocycles. The van der Waals surface area contributed by atoms with Gasteiger partial charge in [-0.2, -0.15) is 0 Å². The van der Waals surface area contributed by atoms with Gasteiger partial charge in [-0.3, -0.25) is 0 Å². The number of nitrogen functional groups attached to an aromatic ring is 1. The molecule has 3 nitrogen and oxygen atoms in total. The van der Waals surface area contributed by atoms with Gasteiger partial charge in [0.05, 0.1) is 11.8 Å². The molecule has 0 saturated carbocycles. The van der Waals surface area contributed by atoms with E-state index in [1.54, 1.807) is 6.20 Å². The number of hydrogen-bond donors (Lipinski definition) is 1. The van der Waals surface area contributed by atoms with Gasteiger partial charge in [0.2, 0.25) is 5.88 Å². The molecule has 1 aromatic heterocycles. The first-order valence-corrected chi connectivity index (χ1v) is 6.07. The van der Waals surface area contributed by atoms with Gasteiger partial charge in [-0.1, -0.05) is 43.3 Å². The maximum Gasteiger partial charge on any atom is 0.229 e. The maximum absolute atomic E-state index is 5.80. The van der Waals surface area contributed by atoms with E-state index in [-0.39, 0.29) is 0 Å². The van der Waals surface area contributed by atoms with Crippen LogP contribution >= 0.6 is 0 Å². The molecule has 0 saturated heterocycles. The number of rotatable bonds is 4. The second kappa shape index (κ2) is 5.04. The summed E-state index contributed by atoms with van der Waals surface area (Å²) in [5.74, 6) is 0.948. The molecule has 0 amide bonds. The van der Waals surface area contributed by atoms with Crippen LogP contribution in [0.1, 0.15) is 38.2 Å². The summed E-state index contributed by atoms with van der Waals surface area (Å²) in [6, 6.07) is 8.34. The highest BCUT2D eigenvalue weighted by atomic mass is 16.5. The first-order chi connectivity index (χ1) is 8.27. The van der Waals surface area contributed by atoms with Crippen LogP contribution in [0.4, 0.5) is 5.88 Å². The number of nitrogens with two attached hydrogens (primary N) is 1. The topological polar surface area (TPSA) is 52.0 Å². The minimum atomic E-state index is 0.392. The summed E-state index contributed by atoms with van der Waals surface area (Å²) in [6.45, 7) is 4.42. The van der Waals surface area contributed by atoms with Crippen LogP contribution in [0.25, 0.3) is 11.1 Å². The van der Waals surface area contributed by atoms with Gasteiger partial charge in [0, 0.05) is 0 Å². The lowest BCUT2D eigenvalue weighted by molar-refractivity contribution is 0.436. The fourth-order valence-corrected chi connectivity index (χ4v) is 2.28. The Labute approximate surface area is 102 Å². The summed E-state index contributed by atoms with van der Waals surface area (Å²) in [7, 11) is 0. The van der Waals surface area contributed by atoms with Crippen molar-refractivity contribution in [2.45, 2.75) is 32.6 Å². The van der Waals surface area contributed by atoms with Gasteiger partial charge < -0.3 is 10.3 Å². The lowest BCUT2D eigenvalue weighted by Crippen LogP contribution is -1.98. The van der Waals surface area contributed by atoms with Crippen LogP contribution in [-0.4, -0.2) is 5.16 Å². The number of benzene rings is 1. The SMILES string of the molecule is CCC(CC)c1ccccc1-c1cnoc1N. The van der Waals surface area contributed by atoms with Gasteiger partial charge in [-0.25, -0.2) is 0 Å². The molecule has 2 aromatic rings. The van der Waals surface area contributed by atoms with Crippen molar-refractivity contribution in [2.24, 2.45) is 0 Å². The van der Waals surface area contributed by atoms with Gasteiger partial charge in [-0.05, 0) is 29.9 Å². The van der Waals surface area contributed by atoms with E-state index in [0.717, 1.165) is 24.0 Å². The van der Waals surface area contributed by atoms with Crippen LogP contribution in [0.3, 0.4) is 0 Å². The molecule has 0 unspecified atom stereocenters. The molecule has 0 radical (unpaired) electrons.